The molecular weight excluding hydrogens is 522 g/mol. The zero-order chi connectivity index (χ0) is 28.8. The minimum atomic E-state index is 0.662. The molecule has 1 aromatic heterocycles. The lowest BCUT2D eigenvalue weighted by Crippen LogP contribution is -1.99. The first-order valence-electron chi connectivity index (χ1n) is 14.4. The van der Waals surface area contributed by atoms with Crippen molar-refractivity contribution in [1.82, 2.24) is 9.55 Å². The summed E-state index contributed by atoms with van der Waals surface area (Å²) in [6, 6.07) is 55.1. The van der Waals surface area contributed by atoms with Crippen LogP contribution in [0.15, 0.2) is 152 Å². The highest BCUT2D eigenvalue weighted by Gasteiger charge is 2.17. The molecule has 0 aliphatic carbocycles. The van der Waals surface area contributed by atoms with Crippen LogP contribution in [-0.2, 0) is 0 Å². The highest BCUT2D eigenvalue weighted by molar-refractivity contribution is 6.01. The maximum absolute atomic E-state index is 9.28. The molecule has 0 aliphatic rings. The summed E-state index contributed by atoms with van der Waals surface area (Å²) in [6.07, 6.45) is 0. The lowest BCUT2D eigenvalue weighted by atomic mass is 9.93. The Hall–Kier alpha value is -5.98. The first kappa shape index (κ1) is 24.8. The van der Waals surface area contributed by atoms with Crippen LogP contribution in [0.5, 0.6) is 0 Å². The van der Waals surface area contributed by atoms with E-state index in [4.69, 9.17) is 4.98 Å². The van der Waals surface area contributed by atoms with Crippen LogP contribution in [0, 0.1) is 11.3 Å². The van der Waals surface area contributed by atoms with Gasteiger partial charge in [0.15, 0.2) is 0 Å². The minimum Gasteiger partial charge on any atom is -0.292 e. The molecule has 7 aromatic carbocycles. The first-order valence-corrected chi connectivity index (χ1v) is 14.4. The van der Waals surface area contributed by atoms with E-state index in [1.807, 2.05) is 36.4 Å². The van der Waals surface area contributed by atoms with Gasteiger partial charge in [0.2, 0.25) is 0 Å². The van der Waals surface area contributed by atoms with E-state index in [2.05, 4.69) is 126 Å². The Labute approximate surface area is 249 Å². The summed E-state index contributed by atoms with van der Waals surface area (Å²) in [5.41, 5.74) is 9.41. The number of para-hydroxylation sites is 2. The molecule has 0 N–H and O–H groups in total. The third-order valence-electron chi connectivity index (χ3n) is 8.21. The van der Waals surface area contributed by atoms with Crippen molar-refractivity contribution in [3.63, 3.8) is 0 Å². The molecular formula is C40H25N3. The molecule has 43 heavy (non-hydrogen) atoms. The molecule has 0 saturated carbocycles. The number of nitriles is 1. The van der Waals surface area contributed by atoms with Crippen LogP contribution in [0.2, 0.25) is 0 Å². The number of rotatable bonds is 4. The molecule has 0 amide bonds. The Kier molecular flexibility index (Phi) is 5.84. The molecule has 3 heteroatoms. The molecule has 0 bridgehead atoms. The summed E-state index contributed by atoms with van der Waals surface area (Å²) in [6.45, 7) is 0. The van der Waals surface area contributed by atoms with Crippen molar-refractivity contribution in [1.29, 1.82) is 5.26 Å². The van der Waals surface area contributed by atoms with Crippen molar-refractivity contribution in [2.75, 3.05) is 0 Å². The Morgan fingerprint density at radius 1 is 0.512 bits per heavy atom. The van der Waals surface area contributed by atoms with Gasteiger partial charge in [0, 0.05) is 10.9 Å². The van der Waals surface area contributed by atoms with Gasteiger partial charge in [0.05, 0.1) is 28.4 Å². The van der Waals surface area contributed by atoms with Gasteiger partial charge >= 0.3 is 0 Å². The number of fused-ring (bicyclic) bond motifs is 3. The van der Waals surface area contributed by atoms with Crippen molar-refractivity contribution in [2.45, 2.75) is 0 Å². The van der Waals surface area contributed by atoms with Crippen molar-refractivity contribution >= 4 is 32.6 Å². The second-order valence-electron chi connectivity index (χ2n) is 10.8. The summed E-state index contributed by atoms with van der Waals surface area (Å²) in [7, 11) is 0. The van der Waals surface area contributed by atoms with Crippen molar-refractivity contribution < 1.29 is 0 Å². The largest absolute Gasteiger partial charge is 0.292 e. The molecule has 0 atom stereocenters. The van der Waals surface area contributed by atoms with Crippen molar-refractivity contribution in [3.8, 4) is 45.4 Å². The summed E-state index contributed by atoms with van der Waals surface area (Å²) in [5.74, 6) is 0.922. The average Bonchev–Trinajstić information content (AvgIpc) is 3.47. The third kappa shape index (κ3) is 4.25. The van der Waals surface area contributed by atoms with Gasteiger partial charge in [-0.1, -0.05) is 109 Å². The summed E-state index contributed by atoms with van der Waals surface area (Å²) in [4.78, 5) is 5.11. The Morgan fingerprint density at radius 3 is 2.12 bits per heavy atom. The van der Waals surface area contributed by atoms with E-state index >= 15 is 0 Å². The molecule has 8 rings (SSSR count). The molecule has 1 heterocycles. The molecule has 8 aromatic rings. The maximum atomic E-state index is 9.28. The van der Waals surface area contributed by atoms with Crippen molar-refractivity contribution in [2.24, 2.45) is 0 Å². The number of hydrogen-bond acceptors (Lipinski definition) is 2. The van der Waals surface area contributed by atoms with Crippen LogP contribution in [0.25, 0.3) is 71.9 Å². The lowest BCUT2D eigenvalue weighted by Gasteiger charge is -2.16. The number of hydrogen-bond donors (Lipinski definition) is 0. The van der Waals surface area contributed by atoms with E-state index < -0.39 is 0 Å². The maximum Gasteiger partial charge on any atom is 0.145 e. The topological polar surface area (TPSA) is 41.6 Å². The van der Waals surface area contributed by atoms with E-state index in [0.717, 1.165) is 50.4 Å². The second kappa shape index (κ2) is 10.1. The van der Waals surface area contributed by atoms with Gasteiger partial charge < -0.3 is 0 Å². The minimum absolute atomic E-state index is 0.662. The first-order chi connectivity index (χ1) is 21.3. The van der Waals surface area contributed by atoms with Gasteiger partial charge in [0.1, 0.15) is 5.82 Å². The molecule has 3 nitrogen and oxygen atoms in total. The van der Waals surface area contributed by atoms with E-state index in [1.54, 1.807) is 0 Å². The lowest BCUT2D eigenvalue weighted by molar-refractivity contribution is 1.12. The number of aromatic nitrogens is 2. The normalized spacial score (nSPS) is 11.2. The predicted octanol–water partition coefficient (Wildman–Crippen LogP) is 10.2. The van der Waals surface area contributed by atoms with E-state index in [1.165, 1.54) is 21.5 Å². The number of imidazole rings is 1. The Morgan fingerprint density at radius 2 is 1.26 bits per heavy atom. The fourth-order valence-electron chi connectivity index (χ4n) is 6.12. The Bertz CT molecular complexity index is 2340. The van der Waals surface area contributed by atoms with Gasteiger partial charge in [-0.05, 0) is 80.9 Å². The molecule has 200 valence electrons. The van der Waals surface area contributed by atoms with Crippen molar-refractivity contribution in [3.05, 3.63) is 157 Å². The van der Waals surface area contributed by atoms with E-state index in [0.29, 0.717) is 5.56 Å². The highest BCUT2D eigenvalue weighted by Crippen LogP contribution is 2.37. The van der Waals surface area contributed by atoms with E-state index in [-0.39, 0.29) is 0 Å². The molecule has 0 saturated heterocycles. The Balaban J connectivity index is 1.38. The average molecular weight is 548 g/mol. The van der Waals surface area contributed by atoms with Crippen LogP contribution >= 0.6 is 0 Å². The quantitative estimate of drug-likeness (QED) is 0.220. The zero-order valence-electron chi connectivity index (χ0n) is 23.3. The van der Waals surface area contributed by atoms with Crippen LogP contribution in [0.4, 0.5) is 0 Å². The SMILES string of the molecule is N#Cc1ccc(-c2cccc3ccc(-c4cc(-n5c(-c6ccccc6)nc6ccccc65)c5ccccc5c4)cc23)cc1. The standard InChI is InChI=1S/C40H25N3/c41-26-27-17-19-29(20-18-27)34-14-8-12-28-21-22-31(24-36(28)34)33-23-32-11-4-5-13-35(32)39(25-33)43-38-16-7-6-15-37(38)42-40(43)30-9-2-1-3-10-30/h1-25H. The van der Waals surface area contributed by atoms with Crippen LogP contribution in [0.3, 0.4) is 0 Å². The molecule has 0 fully saturated rings. The van der Waals surface area contributed by atoms with Crippen LogP contribution in [-0.4, -0.2) is 9.55 Å². The monoisotopic (exact) mass is 547 g/mol. The molecule has 0 radical (unpaired) electrons. The summed E-state index contributed by atoms with van der Waals surface area (Å²) in [5, 5.41) is 14.0. The number of benzene rings is 7. The summed E-state index contributed by atoms with van der Waals surface area (Å²) >= 11 is 0. The third-order valence-corrected chi connectivity index (χ3v) is 8.21. The molecule has 0 aliphatic heterocycles. The number of nitrogens with zero attached hydrogens (tertiary/aromatic N) is 3. The van der Waals surface area contributed by atoms with Gasteiger partial charge in [0.25, 0.3) is 0 Å². The zero-order valence-corrected chi connectivity index (χ0v) is 23.3. The second-order valence-corrected chi connectivity index (χ2v) is 10.8. The molecule has 0 spiro atoms. The fraction of sp³-hybridized carbons (Fsp3) is 0. The van der Waals surface area contributed by atoms with Gasteiger partial charge in [-0.15, -0.1) is 0 Å². The van der Waals surface area contributed by atoms with Crippen LogP contribution in [0.1, 0.15) is 5.56 Å². The fourth-order valence-corrected chi connectivity index (χ4v) is 6.12. The van der Waals surface area contributed by atoms with Gasteiger partial charge in [-0.3, -0.25) is 4.57 Å². The van der Waals surface area contributed by atoms with Gasteiger partial charge in [-0.2, -0.15) is 5.26 Å². The highest BCUT2D eigenvalue weighted by atomic mass is 15.1. The predicted molar refractivity (Wildman–Crippen MR) is 177 cm³/mol. The summed E-state index contributed by atoms with van der Waals surface area (Å²) < 4.78 is 2.31. The van der Waals surface area contributed by atoms with Crippen LogP contribution < -0.4 is 0 Å². The smallest absolute Gasteiger partial charge is 0.145 e. The van der Waals surface area contributed by atoms with E-state index in [9.17, 15) is 5.26 Å². The molecule has 0 unspecified atom stereocenters. The van der Waals surface area contributed by atoms with Gasteiger partial charge in [-0.25, -0.2) is 4.98 Å².